The van der Waals surface area contributed by atoms with Crippen molar-refractivity contribution in [1.29, 1.82) is 0 Å². The lowest BCUT2D eigenvalue weighted by molar-refractivity contribution is 0.0960. The minimum Gasteiger partial charge on any atom is -0.506 e. The number of pyridine rings is 1. The number of amides is 1. The van der Waals surface area contributed by atoms with E-state index in [2.05, 4.69) is 10.3 Å². The van der Waals surface area contributed by atoms with Crippen molar-refractivity contribution in [2.45, 2.75) is 12.8 Å². The van der Waals surface area contributed by atoms with Crippen LogP contribution >= 0.6 is 0 Å². The number of hydrogen-bond donors (Lipinski definition) is 2. The number of nitrogens with zero attached hydrogens (tertiary/aromatic N) is 2. The maximum Gasteiger partial charge on any atom is 0.255 e. The molecule has 0 unspecified atom stereocenters. The lowest BCUT2D eigenvalue weighted by Crippen LogP contribution is -2.25. The maximum absolute atomic E-state index is 13.7. The van der Waals surface area contributed by atoms with Gasteiger partial charge in [0.1, 0.15) is 28.6 Å². The standard InChI is InChI=1S/C32H28FN3O6S/c1-34-32(39)29-23-17-22(24-14-16-27(38)30(35-24)26(37)15-9-19-7-5-4-6-8-19)25(36(2)43(3,40)41)18-28(23)42-31(29)20-10-12-21(33)13-11-20/h4-8,10-14,16-18,38H,9,15H2,1-3H3,(H,34,39). The van der Waals surface area contributed by atoms with Crippen LogP contribution in [0.1, 0.15) is 32.8 Å². The number of aryl methyl sites for hydroxylation is 1. The molecule has 220 valence electrons. The highest BCUT2D eigenvalue weighted by Crippen LogP contribution is 2.41. The molecule has 0 aliphatic heterocycles. The van der Waals surface area contributed by atoms with Crippen LogP contribution in [0, 0.1) is 5.82 Å². The highest BCUT2D eigenvalue weighted by Gasteiger charge is 2.27. The van der Waals surface area contributed by atoms with E-state index in [9.17, 15) is 27.5 Å². The maximum atomic E-state index is 13.7. The molecule has 0 saturated carbocycles. The zero-order valence-corrected chi connectivity index (χ0v) is 24.4. The number of hydrogen-bond acceptors (Lipinski definition) is 7. The minimum absolute atomic E-state index is 0.0900. The lowest BCUT2D eigenvalue weighted by atomic mass is 10.00. The topological polar surface area (TPSA) is 130 Å². The summed E-state index contributed by atoms with van der Waals surface area (Å²) >= 11 is 0. The Morgan fingerprint density at radius 2 is 1.72 bits per heavy atom. The third-order valence-corrected chi connectivity index (χ3v) is 8.29. The number of furan rings is 1. The second-order valence-electron chi connectivity index (χ2n) is 9.96. The molecular formula is C32H28FN3O6S. The number of aromatic hydroxyl groups is 1. The van der Waals surface area contributed by atoms with E-state index >= 15 is 0 Å². The van der Waals surface area contributed by atoms with Crippen molar-refractivity contribution in [3.8, 4) is 28.3 Å². The first-order valence-electron chi connectivity index (χ1n) is 13.3. The molecule has 43 heavy (non-hydrogen) atoms. The van der Waals surface area contributed by atoms with Gasteiger partial charge in [-0.1, -0.05) is 30.3 Å². The molecule has 5 rings (SSSR count). The number of nitrogens with one attached hydrogen (secondary N) is 1. The van der Waals surface area contributed by atoms with Gasteiger partial charge in [0.25, 0.3) is 5.91 Å². The van der Waals surface area contributed by atoms with Crippen molar-refractivity contribution < 1.29 is 31.9 Å². The average molecular weight is 602 g/mol. The van der Waals surface area contributed by atoms with Crippen LogP contribution < -0.4 is 9.62 Å². The second-order valence-corrected chi connectivity index (χ2v) is 12.0. The van der Waals surface area contributed by atoms with Gasteiger partial charge in [-0.2, -0.15) is 0 Å². The predicted molar refractivity (Wildman–Crippen MR) is 162 cm³/mol. The fourth-order valence-electron chi connectivity index (χ4n) is 4.76. The van der Waals surface area contributed by atoms with E-state index in [-0.39, 0.29) is 51.7 Å². The summed E-state index contributed by atoms with van der Waals surface area (Å²) in [5, 5.41) is 13.5. The van der Waals surface area contributed by atoms with Crippen LogP contribution in [0.2, 0.25) is 0 Å². The summed E-state index contributed by atoms with van der Waals surface area (Å²) in [5.41, 5.74) is 2.21. The van der Waals surface area contributed by atoms with Gasteiger partial charge >= 0.3 is 0 Å². The Balaban J connectivity index is 1.69. The summed E-state index contributed by atoms with van der Waals surface area (Å²) in [6, 6.07) is 20.6. The van der Waals surface area contributed by atoms with Crippen LogP contribution in [0.5, 0.6) is 5.75 Å². The van der Waals surface area contributed by atoms with E-state index < -0.39 is 27.5 Å². The van der Waals surface area contributed by atoms with E-state index in [1.54, 1.807) is 6.07 Å². The highest BCUT2D eigenvalue weighted by molar-refractivity contribution is 7.92. The molecule has 0 radical (unpaired) electrons. The fourth-order valence-corrected chi connectivity index (χ4v) is 5.27. The Hall–Kier alpha value is -5.03. The molecule has 1 amide bonds. The van der Waals surface area contributed by atoms with E-state index in [0.29, 0.717) is 17.4 Å². The zero-order valence-electron chi connectivity index (χ0n) is 23.6. The quantitative estimate of drug-likeness (QED) is 0.211. The molecule has 0 aliphatic carbocycles. The molecule has 3 aromatic carbocycles. The number of fused-ring (bicyclic) bond motifs is 1. The number of carbonyl (C=O) groups is 2. The third-order valence-electron chi connectivity index (χ3n) is 7.10. The monoisotopic (exact) mass is 601 g/mol. The van der Waals surface area contributed by atoms with Gasteiger partial charge in [0, 0.05) is 43.1 Å². The number of halogens is 1. The number of aromatic nitrogens is 1. The van der Waals surface area contributed by atoms with Crippen molar-refractivity contribution in [1.82, 2.24) is 10.3 Å². The number of ketones is 1. The summed E-state index contributed by atoms with van der Waals surface area (Å²) in [7, 11) is -0.971. The van der Waals surface area contributed by atoms with Crippen molar-refractivity contribution in [2.24, 2.45) is 0 Å². The third kappa shape index (κ3) is 5.98. The Morgan fingerprint density at radius 3 is 2.37 bits per heavy atom. The molecule has 0 spiro atoms. The van der Waals surface area contributed by atoms with Crippen LogP contribution in [-0.4, -0.2) is 50.5 Å². The fraction of sp³-hybridized carbons (Fsp3) is 0.156. The Kier molecular flexibility index (Phi) is 8.01. The van der Waals surface area contributed by atoms with E-state index in [4.69, 9.17) is 4.42 Å². The molecular weight excluding hydrogens is 573 g/mol. The van der Waals surface area contributed by atoms with Gasteiger partial charge in [-0.15, -0.1) is 0 Å². The molecule has 0 atom stereocenters. The van der Waals surface area contributed by atoms with Crippen LogP contribution in [0.4, 0.5) is 10.1 Å². The summed E-state index contributed by atoms with van der Waals surface area (Å²) in [4.78, 5) is 30.7. The Morgan fingerprint density at radius 1 is 1.02 bits per heavy atom. The number of carbonyl (C=O) groups excluding carboxylic acids is 2. The Bertz CT molecular complexity index is 1960. The predicted octanol–water partition coefficient (Wildman–Crippen LogP) is 5.58. The summed E-state index contributed by atoms with van der Waals surface area (Å²) in [6.07, 6.45) is 1.56. The van der Waals surface area contributed by atoms with Crippen molar-refractivity contribution in [2.75, 3.05) is 24.7 Å². The van der Waals surface area contributed by atoms with Crippen molar-refractivity contribution in [3.63, 3.8) is 0 Å². The highest BCUT2D eigenvalue weighted by atomic mass is 32.2. The minimum atomic E-state index is -3.78. The number of rotatable bonds is 9. The summed E-state index contributed by atoms with van der Waals surface area (Å²) in [5.74, 6) is -1.49. The number of anilines is 1. The molecule has 2 heterocycles. The van der Waals surface area contributed by atoms with Crippen LogP contribution in [0.25, 0.3) is 33.6 Å². The molecule has 9 nitrogen and oxygen atoms in total. The number of benzene rings is 3. The largest absolute Gasteiger partial charge is 0.506 e. The average Bonchev–Trinajstić information content (AvgIpc) is 3.37. The molecule has 0 saturated heterocycles. The van der Waals surface area contributed by atoms with E-state index in [0.717, 1.165) is 16.1 Å². The van der Waals surface area contributed by atoms with E-state index in [1.807, 2.05) is 30.3 Å². The van der Waals surface area contributed by atoms with Gasteiger partial charge in [0.05, 0.1) is 23.2 Å². The Labute approximate surface area is 247 Å². The summed E-state index contributed by atoms with van der Waals surface area (Å²) in [6.45, 7) is 0. The van der Waals surface area contributed by atoms with E-state index in [1.165, 1.54) is 56.6 Å². The smallest absolute Gasteiger partial charge is 0.255 e. The molecule has 0 aliphatic rings. The van der Waals surface area contributed by atoms with Crippen LogP contribution in [-0.2, 0) is 16.4 Å². The molecule has 0 bridgehead atoms. The van der Waals surface area contributed by atoms with Gasteiger partial charge in [-0.3, -0.25) is 13.9 Å². The molecule has 2 N–H and O–H groups in total. The molecule has 2 aromatic heterocycles. The molecule has 0 fully saturated rings. The molecule has 11 heteroatoms. The SMILES string of the molecule is CNC(=O)c1c(-c2ccc(F)cc2)oc2cc(N(C)S(C)(=O)=O)c(-c3ccc(O)c(C(=O)CCc4ccccc4)n3)cc12. The number of sulfonamides is 1. The normalized spacial score (nSPS) is 11.4. The van der Waals surface area contributed by atoms with Gasteiger partial charge in [-0.25, -0.2) is 17.8 Å². The lowest BCUT2D eigenvalue weighted by Gasteiger charge is -2.20. The first-order valence-corrected chi connectivity index (χ1v) is 15.1. The van der Waals surface area contributed by atoms with Gasteiger partial charge in [-0.05, 0) is 54.4 Å². The van der Waals surface area contributed by atoms with Crippen molar-refractivity contribution >= 4 is 38.4 Å². The second kappa shape index (κ2) is 11.7. The van der Waals surface area contributed by atoms with Gasteiger partial charge in [0.15, 0.2) is 5.78 Å². The first kappa shape index (κ1) is 29.5. The molecule has 5 aromatic rings. The van der Waals surface area contributed by atoms with Gasteiger partial charge < -0.3 is 14.8 Å². The summed E-state index contributed by atoms with van der Waals surface area (Å²) < 4.78 is 46.1. The van der Waals surface area contributed by atoms with Crippen LogP contribution in [0.15, 0.2) is 83.3 Å². The zero-order chi connectivity index (χ0) is 30.9. The van der Waals surface area contributed by atoms with Gasteiger partial charge in [0.2, 0.25) is 10.0 Å². The number of Topliss-reactive ketones (excluding diaryl/α,β-unsaturated/α-hetero) is 1. The van der Waals surface area contributed by atoms with Crippen molar-refractivity contribution in [3.05, 3.63) is 102 Å². The van der Waals surface area contributed by atoms with Crippen LogP contribution in [0.3, 0.4) is 0 Å². The first-order chi connectivity index (χ1) is 20.5.